The number of thiophene rings is 1. The normalized spacial score (nSPS) is 14.2. The molecule has 0 saturated heterocycles. The lowest BCUT2D eigenvalue weighted by Gasteiger charge is -2.22. The highest BCUT2D eigenvalue weighted by Crippen LogP contribution is 2.44. The van der Waals surface area contributed by atoms with E-state index in [1.165, 1.54) is 34.7 Å². The lowest BCUT2D eigenvalue weighted by atomic mass is 9.83. The smallest absolute Gasteiger partial charge is 0.272 e. The molecule has 1 aliphatic carbocycles. The van der Waals surface area contributed by atoms with Gasteiger partial charge in [-0.05, 0) is 89.9 Å². The van der Waals surface area contributed by atoms with Gasteiger partial charge in [-0.25, -0.2) is 0 Å². The van der Waals surface area contributed by atoms with Crippen LogP contribution >= 0.6 is 46.3 Å². The van der Waals surface area contributed by atoms with Crippen molar-refractivity contribution in [1.82, 2.24) is 5.32 Å². The Morgan fingerprint density at radius 2 is 1.54 bits per heavy atom. The molecule has 7 rings (SSSR count). The number of anilines is 2. The van der Waals surface area contributed by atoms with Crippen molar-refractivity contribution in [2.24, 2.45) is 0 Å². The minimum atomic E-state index is -0.685. The molecular formula is C45H34Cl2N4O3S2. The van der Waals surface area contributed by atoms with Crippen molar-refractivity contribution in [2.45, 2.75) is 35.3 Å². The number of carbonyl (C=O) groups excluding carboxylic acids is 3. The number of benzene rings is 5. The number of rotatable bonds is 11. The average molecular weight is 814 g/mol. The maximum Gasteiger partial charge on any atom is 0.272 e. The molecule has 3 N–H and O–H groups in total. The van der Waals surface area contributed by atoms with Crippen LogP contribution in [-0.4, -0.2) is 17.7 Å². The third-order valence-corrected chi connectivity index (χ3v) is 12.6. The van der Waals surface area contributed by atoms with E-state index in [9.17, 15) is 19.6 Å². The van der Waals surface area contributed by atoms with Crippen LogP contribution in [0.2, 0.25) is 10.0 Å². The number of nitriles is 1. The summed E-state index contributed by atoms with van der Waals surface area (Å²) in [6, 6.07) is 42.9. The zero-order valence-corrected chi connectivity index (χ0v) is 32.9. The zero-order valence-electron chi connectivity index (χ0n) is 29.8. The lowest BCUT2D eigenvalue weighted by molar-refractivity contribution is -0.116. The van der Waals surface area contributed by atoms with Gasteiger partial charge in [0.1, 0.15) is 22.0 Å². The second-order valence-electron chi connectivity index (χ2n) is 13.1. The number of halogens is 2. The Morgan fingerprint density at radius 3 is 2.27 bits per heavy atom. The third-order valence-electron chi connectivity index (χ3n) is 9.38. The third kappa shape index (κ3) is 9.07. The van der Waals surface area contributed by atoms with Crippen LogP contribution in [0.4, 0.5) is 10.7 Å². The summed E-state index contributed by atoms with van der Waals surface area (Å²) in [5.74, 6) is -0.977. The van der Waals surface area contributed by atoms with E-state index in [1.54, 1.807) is 66.7 Å². The van der Waals surface area contributed by atoms with Gasteiger partial charge < -0.3 is 16.0 Å². The van der Waals surface area contributed by atoms with Gasteiger partial charge in [-0.2, -0.15) is 5.26 Å². The highest BCUT2D eigenvalue weighted by Gasteiger charge is 2.29. The standard InChI is InChI=1S/C45H34Cl2N4O3S2/c46-37-21-10-18-32(40(37)47)24-38(50-42(52)30-16-8-3-9-17-30)43(53)49-33-19-11-20-34(26-33)55-41(29-14-6-2-7-15-29)44(54)51-45-36(27-48)35-23-22-31(25-39(35)56-45)28-12-4-1-5-13-28/h1-21,24,26,31,41H,22-23,25H2,(H,49,53)(H,50,52)(H,51,54)/b38-24+. The maximum atomic E-state index is 14.2. The van der Waals surface area contributed by atoms with E-state index in [-0.39, 0.29) is 16.6 Å². The molecule has 5 aromatic carbocycles. The van der Waals surface area contributed by atoms with Gasteiger partial charge in [0.15, 0.2) is 0 Å². The number of nitrogens with zero attached hydrogens (tertiary/aromatic N) is 1. The molecule has 1 aromatic heterocycles. The van der Waals surface area contributed by atoms with Crippen LogP contribution in [0, 0.1) is 11.3 Å². The molecule has 11 heteroatoms. The van der Waals surface area contributed by atoms with Gasteiger partial charge in [0, 0.05) is 21.0 Å². The first-order chi connectivity index (χ1) is 27.3. The topological polar surface area (TPSA) is 111 Å². The summed E-state index contributed by atoms with van der Waals surface area (Å²) in [5.41, 5.74) is 4.82. The summed E-state index contributed by atoms with van der Waals surface area (Å²) in [6.07, 6.45) is 4.01. The van der Waals surface area contributed by atoms with E-state index in [0.717, 1.165) is 35.3 Å². The first-order valence-corrected chi connectivity index (χ1v) is 20.3. The summed E-state index contributed by atoms with van der Waals surface area (Å²) in [5, 5.41) is 19.4. The van der Waals surface area contributed by atoms with E-state index in [4.69, 9.17) is 23.2 Å². The Labute approximate surface area is 343 Å². The molecule has 0 bridgehead atoms. The molecule has 3 amide bonds. The molecule has 1 heterocycles. The average Bonchev–Trinajstić information content (AvgIpc) is 3.58. The van der Waals surface area contributed by atoms with E-state index in [1.807, 2.05) is 42.5 Å². The first-order valence-electron chi connectivity index (χ1n) is 17.8. The van der Waals surface area contributed by atoms with Gasteiger partial charge in [0.2, 0.25) is 5.91 Å². The van der Waals surface area contributed by atoms with Crippen LogP contribution in [0.25, 0.3) is 6.08 Å². The molecule has 2 unspecified atom stereocenters. The number of fused-ring (bicyclic) bond motifs is 1. The molecule has 7 nitrogen and oxygen atoms in total. The Kier molecular flexibility index (Phi) is 12.3. The van der Waals surface area contributed by atoms with E-state index < -0.39 is 17.1 Å². The lowest BCUT2D eigenvalue weighted by Crippen LogP contribution is -2.30. The molecule has 1 aliphatic rings. The van der Waals surface area contributed by atoms with Crippen LogP contribution < -0.4 is 16.0 Å². The van der Waals surface area contributed by atoms with Crippen LogP contribution in [-0.2, 0) is 22.4 Å². The molecule has 0 spiro atoms. The monoisotopic (exact) mass is 812 g/mol. The van der Waals surface area contributed by atoms with Crippen molar-refractivity contribution < 1.29 is 14.4 Å². The molecule has 0 fully saturated rings. The molecule has 2 atom stereocenters. The van der Waals surface area contributed by atoms with Gasteiger partial charge in [-0.15, -0.1) is 23.1 Å². The largest absolute Gasteiger partial charge is 0.321 e. The first kappa shape index (κ1) is 38.6. The number of nitrogens with one attached hydrogen (secondary N) is 3. The van der Waals surface area contributed by atoms with Gasteiger partial charge in [0.05, 0.1) is 15.6 Å². The van der Waals surface area contributed by atoms with Crippen LogP contribution in [0.1, 0.15) is 60.6 Å². The molecule has 0 radical (unpaired) electrons. The highest BCUT2D eigenvalue weighted by atomic mass is 35.5. The van der Waals surface area contributed by atoms with E-state index >= 15 is 0 Å². The molecule has 56 heavy (non-hydrogen) atoms. The van der Waals surface area contributed by atoms with Crippen LogP contribution in [0.3, 0.4) is 0 Å². The number of amides is 3. The van der Waals surface area contributed by atoms with Crippen molar-refractivity contribution in [3.8, 4) is 6.07 Å². The summed E-state index contributed by atoms with van der Waals surface area (Å²) >= 11 is 15.5. The molecule has 0 aliphatic heterocycles. The van der Waals surface area contributed by atoms with Crippen molar-refractivity contribution in [3.05, 3.63) is 187 Å². The highest BCUT2D eigenvalue weighted by molar-refractivity contribution is 8.00. The second kappa shape index (κ2) is 17.9. The Balaban J connectivity index is 1.12. The molecule has 6 aromatic rings. The van der Waals surface area contributed by atoms with Crippen LogP contribution in [0.15, 0.2) is 144 Å². The summed E-state index contributed by atoms with van der Waals surface area (Å²) in [7, 11) is 0. The summed E-state index contributed by atoms with van der Waals surface area (Å²) < 4.78 is 0. The molecule has 278 valence electrons. The Morgan fingerprint density at radius 1 is 0.839 bits per heavy atom. The summed E-state index contributed by atoms with van der Waals surface area (Å²) in [6.45, 7) is 0. The van der Waals surface area contributed by atoms with Gasteiger partial charge in [0.25, 0.3) is 11.8 Å². The van der Waals surface area contributed by atoms with Gasteiger partial charge in [-0.1, -0.05) is 120 Å². The molecule has 0 saturated carbocycles. The Hall–Kier alpha value is -5.63. The van der Waals surface area contributed by atoms with Crippen LogP contribution in [0.5, 0.6) is 0 Å². The zero-order chi connectivity index (χ0) is 39.0. The maximum absolute atomic E-state index is 14.2. The predicted octanol–water partition coefficient (Wildman–Crippen LogP) is 11.1. The second-order valence-corrected chi connectivity index (χ2v) is 16.1. The Bertz CT molecular complexity index is 2470. The quantitative estimate of drug-likeness (QED) is 0.0891. The fourth-order valence-electron chi connectivity index (χ4n) is 6.59. The number of carbonyl (C=O) groups is 3. The van der Waals surface area contributed by atoms with Crippen molar-refractivity contribution in [3.63, 3.8) is 0 Å². The minimum Gasteiger partial charge on any atom is -0.321 e. The SMILES string of the molecule is N#Cc1c(NC(=O)C(Sc2cccc(NC(=O)/C(=C\c3cccc(Cl)c3Cl)NC(=O)c3ccccc3)c2)c2ccccc2)sc2c1CCC(c1ccccc1)C2. The minimum absolute atomic E-state index is 0.0513. The fourth-order valence-corrected chi connectivity index (χ4v) is 9.32. The van der Waals surface area contributed by atoms with E-state index in [2.05, 4.69) is 46.3 Å². The predicted molar refractivity (Wildman–Crippen MR) is 227 cm³/mol. The van der Waals surface area contributed by atoms with Gasteiger partial charge >= 0.3 is 0 Å². The number of thioether (sulfide) groups is 1. The van der Waals surface area contributed by atoms with Crippen molar-refractivity contribution >= 4 is 80.8 Å². The summed E-state index contributed by atoms with van der Waals surface area (Å²) in [4.78, 5) is 43.1. The number of hydrogen-bond acceptors (Lipinski definition) is 6. The van der Waals surface area contributed by atoms with Crippen molar-refractivity contribution in [2.75, 3.05) is 10.6 Å². The number of hydrogen-bond donors (Lipinski definition) is 3. The van der Waals surface area contributed by atoms with Gasteiger partial charge in [-0.3, -0.25) is 14.4 Å². The van der Waals surface area contributed by atoms with E-state index in [0.29, 0.717) is 43.2 Å². The fraction of sp³-hybridized carbons (Fsp3) is 0.111. The van der Waals surface area contributed by atoms with Crippen molar-refractivity contribution in [1.29, 1.82) is 5.26 Å². The molecular weight excluding hydrogens is 780 g/mol.